The maximum absolute atomic E-state index is 14.4. The third-order valence-corrected chi connectivity index (χ3v) is 5.80. The van der Waals surface area contributed by atoms with Crippen molar-refractivity contribution in [3.63, 3.8) is 0 Å². The number of benzene rings is 2. The zero-order chi connectivity index (χ0) is 25.2. The topological polar surface area (TPSA) is 85.8 Å². The third kappa shape index (κ3) is 5.85. The number of ether oxygens (including phenoxy) is 3. The van der Waals surface area contributed by atoms with Crippen molar-refractivity contribution in [2.45, 2.75) is 45.3 Å². The van der Waals surface area contributed by atoms with Crippen molar-refractivity contribution in [3.05, 3.63) is 47.5 Å². The Morgan fingerprint density at radius 3 is 2.60 bits per heavy atom. The van der Waals surface area contributed by atoms with Crippen LogP contribution in [-0.4, -0.2) is 52.9 Å². The molecule has 10 heteroatoms. The molecule has 8 nitrogen and oxygen atoms in total. The Balaban J connectivity index is 1.51. The first kappa shape index (κ1) is 24.8. The quantitative estimate of drug-likeness (QED) is 0.461. The smallest absolute Gasteiger partial charge is 0.410 e. The van der Waals surface area contributed by atoms with Gasteiger partial charge < -0.3 is 24.4 Å². The van der Waals surface area contributed by atoms with E-state index in [1.807, 2.05) is 20.8 Å². The Hall–Kier alpha value is -3.33. The van der Waals surface area contributed by atoms with Gasteiger partial charge in [0.25, 0.3) is 0 Å². The molecule has 1 fully saturated rings. The standard InChI is InChI=1S/C25H28ClFN4O4/c1-25(2,3)35-24(32)31-10-8-15(9-11-31)34-21-13-19-16(12-20(21)33-4)23(29-14-28-19)30-18-7-5-6-17(26)22(18)27/h5-7,12-15H,8-11H2,1-4H3,(H,28,29,30). The molecule has 4 rings (SSSR count). The van der Waals surface area contributed by atoms with Crippen LogP contribution >= 0.6 is 11.6 Å². The highest BCUT2D eigenvalue weighted by Gasteiger charge is 2.28. The summed E-state index contributed by atoms with van der Waals surface area (Å²) < 4.78 is 31.7. The molecule has 1 aromatic heterocycles. The van der Waals surface area contributed by atoms with E-state index in [4.69, 9.17) is 25.8 Å². The van der Waals surface area contributed by atoms with Crippen molar-refractivity contribution >= 4 is 40.1 Å². The number of halogens is 2. The number of methoxy groups -OCH3 is 1. The number of hydrogen-bond donors (Lipinski definition) is 1. The average molecular weight is 503 g/mol. The minimum absolute atomic E-state index is 0.0133. The SMILES string of the molecule is COc1cc2c(Nc3cccc(Cl)c3F)ncnc2cc1OC1CCN(C(=O)OC(C)(C)C)CC1. The van der Waals surface area contributed by atoms with Crippen LogP contribution in [0.2, 0.25) is 5.02 Å². The summed E-state index contributed by atoms with van der Waals surface area (Å²) in [6, 6.07) is 8.23. The molecule has 0 aliphatic carbocycles. The molecule has 0 saturated carbocycles. The van der Waals surface area contributed by atoms with Crippen LogP contribution in [0.25, 0.3) is 10.9 Å². The first-order valence-corrected chi connectivity index (χ1v) is 11.7. The molecule has 0 atom stereocenters. The molecule has 1 aliphatic heterocycles. The van der Waals surface area contributed by atoms with Crippen LogP contribution < -0.4 is 14.8 Å². The van der Waals surface area contributed by atoms with Crippen LogP contribution in [0, 0.1) is 5.82 Å². The monoisotopic (exact) mass is 502 g/mol. The van der Waals surface area contributed by atoms with Gasteiger partial charge in [0.05, 0.1) is 23.3 Å². The number of aromatic nitrogens is 2. The van der Waals surface area contributed by atoms with Crippen LogP contribution in [0.4, 0.5) is 20.7 Å². The molecule has 35 heavy (non-hydrogen) atoms. The van der Waals surface area contributed by atoms with E-state index in [0.29, 0.717) is 54.2 Å². The van der Waals surface area contributed by atoms with Crippen LogP contribution in [0.5, 0.6) is 11.5 Å². The Kier molecular flexibility index (Phi) is 7.16. The van der Waals surface area contributed by atoms with Crippen molar-refractivity contribution in [3.8, 4) is 11.5 Å². The maximum atomic E-state index is 14.4. The Morgan fingerprint density at radius 2 is 1.91 bits per heavy atom. The largest absolute Gasteiger partial charge is 0.493 e. The molecule has 0 radical (unpaired) electrons. The number of likely N-dealkylation sites (tertiary alicyclic amines) is 1. The second kappa shape index (κ2) is 10.1. The predicted molar refractivity (Wildman–Crippen MR) is 132 cm³/mol. The number of nitrogens with zero attached hydrogens (tertiary/aromatic N) is 3. The van der Waals surface area contributed by atoms with Gasteiger partial charge in [-0.15, -0.1) is 0 Å². The van der Waals surface area contributed by atoms with Gasteiger partial charge >= 0.3 is 6.09 Å². The van der Waals surface area contributed by atoms with E-state index in [-0.39, 0.29) is 22.9 Å². The summed E-state index contributed by atoms with van der Waals surface area (Å²) in [6.07, 6.45) is 2.30. The first-order chi connectivity index (χ1) is 16.6. The fraction of sp³-hybridized carbons (Fsp3) is 0.400. The number of anilines is 2. The summed E-state index contributed by atoms with van der Waals surface area (Å²) in [7, 11) is 1.55. The van der Waals surface area contributed by atoms with Crippen molar-refractivity contribution < 1.29 is 23.4 Å². The third-order valence-electron chi connectivity index (χ3n) is 5.51. The van der Waals surface area contributed by atoms with Gasteiger partial charge in [-0.3, -0.25) is 0 Å². The van der Waals surface area contributed by atoms with E-state index in [0.717, 1.165) is 0 Å². The van der Waals surface area contributed by atoms with Gasteiger partial charge in [0, 0.05) is 37.4 Å². The van der Waals surface area contributed by atoms with E-state index in [1.165, 1.54) is 12.4 Å². The van der Waals surface area contributed by atoms with Crippen LogP contribution in [-0.2, 0) is 4.74 Å². The van der Waals surface area contributed by atoms with Gasteiger partial charge in [0.1, 0.15) is 23.9 Å². The van der Waals surface area contributed by atoms with E-state index in [9.17, 15) is 9.18 Å². The summed E-state index contributed by atoms with van der Waals surface area (Å²) in [5.74, 6) is 0.878. The van der Waals surface area contributed by atoms with E-state index < -0.39 is 11.4 Å². The van der Waals surface area contributed by atoms with Crippen molar-refractivity contribution in [1.29, 1.82) is 0 Å². The van der Waals surface area contributed by atoms with Gasteiger partial charge in [-0.2, -0.15) is 0 Å². The lowest BCUT2D eigenvalue weighted by Crippen LogP contribution is -2.44. The minimum atomic E-state index is -0.564. The normalized spacial score (nSPS) is 14.6. The highest BCUT2D eigenvalue weighted by Crippen LogP contribution is 2.36. The summed E-state index contributed by atoms with van der Waals surface area (Å²) >= 11 is 5.90. The fourth-order valence-corrected chi connectivity index (χ4v) is 3.98. The zero-order valence-electron chi connectivity index (χ0n) is 20.1. The lowest BCUT2D eigenvalue weighted by Gasteiger charge is -2.33. The number of nitrogens with one attached hydrogen (secondary N) is 1. The molecule has 0 spiro atoms. The average Bonchev–Trinajstić information content (AvgIpc) is 2.81. The highest BCUT2D eigenvalue weighted by molar-refractivity contribution is 6.31. The fourth-order valence-electron chi connectivity index (χ4n) is 3.81. The van der Waals surface area contributed by atoms with Crippen molar-refractivity contribution in [1.82, 2.24) is 14.9 Å². The van der Waals surface area contributed by atoms with Crippen LogP contribution in [0.3, 0.4) is 0 Å². The molecule has 1 N–H and O–H groups in total. The molecule has 2 aromatic carbocycles. The number of carbonyl (C=O) groups is 1. The number of piperidine rings is 1. The first-order valence-electron chi connectivity index (χ1n) is 11.3. The summed E-state index contributed by atoms with van der Waals surface area (Å²) in [4.78, 5) is 22.6. The molecular formula is C25H28ClFN4O4. The summed E-state index contributed by atoms with van der Waals surface area (Å²) in [5.41, 5.74) is 0.275. The van der Waals surface area contributed by atoms with Crippen molar-refractivity contribution in [2.75, 3.05) is 25.5 Å². The number of carbonyl (C=O) groups excluding carboxylic acids is 1. The lowest BCUT2D eigenvalue weighted by atomic mass is 10.1. The molecule has 1 aliphatic rings. The van der Waals surface area contributed by atoms with E-state index in [2.05, 4.69) is 15.3 Å². The molecule has 1 saturated heterocycles. The Bertz CT molecular complexity index is 1230. The molecule has 186 valence electrons. The second-order valence-corrected chi connectivity index (χ2v) is 9.66. The number of amides is 1. The van der Waals surface area contributed by atoms with Crippen LogP contribution in [0.1, 0.15) is 33.6 Å². The Labute approximate surface area is 208 Å². The second-order valence-electron chi connectivity index (χ2n) is 9.25. The predicted octanol–water partition coefficient (Wildman–Crippen LogP) is 5.95. The summed E-state index contributed by atoms with van der Waals surface area (Å²) in [5, 5.41) is 3.63. The number of fused-ring (bicyclic) bond motifs is 1. The van der Waals surface area contributed by atoms with E-state index >= 15 is 0 Å². The maximum Gasteiger partial charge on any atom is 0.410 e. The molecule has 0 unspecified atom stereocenters. The van der Waals surface area contributed by atoms with Gasteiger partial charge in [-0.25, -0.2) is 19.2 Å². The molecule has 2 heterocycles. The molecule has 1 amide bonds. The molecule has 0 bridgehead atoms. The van der Waals surface area contributed by atoms with Gasteiger partial charge in [0.15, 0.2) is 17.3 Å². The van der Waals surface area contributed by atoms with Gasteiger partial charge in [-0.05, 0) is 39.0 Å². The lowest BCUT2D eigenvalue weighted by molar-refractivity contribution is 0.0124. The summed E-state index contributed by atoms with van der Waals surface area (Å²) in [6.45, 7) is 6.63. The highest BCUT2D eigenvalue weighted by atomic mass is 35.5. The minimum Gasteiger partial charge on any atom is -0.493 e. The number of hydrogen-bond acceptors (Lipinski definition) is 7. The van der Waals surface area contributed by atoms with Gasteiger partial charge in [0.2, 0.25) is 0 Å². The molecular weight excluding hydrogens is 475 g/mol. The molecule has 3 aromatic rings. The number of rotatable bonds is 5. The van der Waals surface area contributed by atoms with Gasteiger partial charge in [-0.1, -0.05) is 17.7 Å². The Morgan fingerprint density at radius 1 is 1.17 bits per heavy atom. The van der Waals surface area contributed by atoms with Crippen LogP contribution in [0.15, 0.2) is 36.7 Å². The van der Waals surface area contributed by atoms with Crippen molar-refractivity contribution in [2.24, 2.45) is 0 Å². The van der Waals surface area contributed by atoms with E-state index in [1.54, 1.807) is 36.3 Å². The zero-order valence-corrected chi connectivity index (χ0v) is 20.9.